The lowest BCUT2D eigenvalue weighted by Gasteiger charge is -2.25. The van der Waals surface area contributed by atoms with Gasteiger partial charge in [-0.1, -0.05) is 30.3 Å². The van der Waals surface area contributed by atoms with Crippen LogP contribution in [0.1, 0.15) is 40.2 Å². The van der Waals surface area contributed by atoms with E-state index in [0.717, 1.165) is 11.3 Å². The summed E-state index contributed by atoms with van der Waals surface area (Å²) in [5, 5.41) is 10.6. The summed E-state index contributed by atoms with van der Waals surface area (Å²) in [6.07, 6.45) is 0.574. The fourth-order valence-electron chi connectivity index (χ4n) is 4.56. The summed E-state index contributed by atoms with van der Waals surface area (Å²) in [5.41, 5.74) is 2.13. The van der Waals surface area contributed by atoms with Gasteiger partial charge >= 0.3 is 0 Å². The van der Waals surface area contributed by atoms with Crippen molar-refractivity contribution >= 4 is 16.9 Å². The standard InChI is InChI=1S/C28H25NO6/c1-3-34-23-16-18(10-13-21(23)30)25-24-26(31)20-6-4-5-7-22(20)35-27(24)28(32)29(25)15-14-17-8-11-19(33-2)12-9-17/h4-13,16,25,30H,3,14-15H2,1-2H3. The van der Waals surface area contributed by atoms with E-state index in [1.54, 1.807) is 48.4 Å². The highest BCUT2D eigenvalue weighted by Gasteiger charge is 2.42. The zero-order valence-electron chi connectivity index (χ0n) is 19.5. The molecule has 1 unspecified atom stereocenters. The fourth-order valence-corrected chi connectivity index (χ4v) is 4.56. The number of phenolic OH excluding ortho intramolecular Hbond substituents is 1. The molecule has 7 nitrogen and oxygen atoms in total. The number of hydrogen-bond acceptors (Lipinski definition) is 6. The van der Waals surface area contributed by atoms with Crippen molar-refractivity contribution in [3.63, 3.8) is 0 Å². The molecule has 0 aliphatic carbocycles. The number of amides is 1. The predicted octanol–water partition coefficient (Wildman–Crippen LogP) is 4.69. The zero-order valence-corrected chi connectivity index (χ0v) is 19.5. The van der Waals surface area contributed by atoms with Gasteiger partial charge in [0.25, 0.3) is 5.91 Å². The Hall–Kier alpha value is -4.26. The first-order valence-electron chi connectivity index (χ1n) is 11.5. The smallest absolute Gasteiger partial charge is 0.290 e. The van der Waals surface area contributed by atoms with Gasteiger partial charge in [-0.25, -0.2) is 0 Å². The Balaban J connectivity index is 1.61. The van der Waals surface area contributed by atoms with Crippen LogP contribution in [0.4, 0.5) is 0 Å². The van der Waals surface area contributed by atoms with Gasteiger partial charge in [-0.3, -0.25) is 9.59 Å². The minimum atomic E-state index is -0.670. The van der Waals surface area contributed by atoms with E-state index in [9.17, 15) is 14.7 Å². The van der Waals surface area contributed by atoms with Crippen LogP contribution in [0.25, 0.3) is 11.0 Å². The molecule has 0 bridgehead atoms. The Morgan fingerprint density at radius 2 is 1.80 bits per heavy atom. The molecule has 5 rings (SSSR count). The third kappa shape index (κ3) is 3.99. The number of para-hydroxylation sites is 1. The van der Waals surface area contributed by atoms with Gasteiger partial charge in [-0.05, 0) is 60.9 Å². The number of rotatable bonds is 7. The molecule has 7 heteroatoms. The quantitative estimate of drug-likeness (QED) is 0.421. The molecule has 3 aromatic carbocycles. The number of carbonyl (C=O) groups is 1. The molecule has 35 heavy (non-hydrogen) atoms. The summed E-state index contributed by atoms with van der Waals surface area (Å²) in [7, 11) is 1.61. The Labute approximate surface area is 202 Å². The number of aromatic hydroxyl groups is 1. The van der Waals surface area contributed by atoms with Crippen molar-refractivity contribution in [2.24, 2.45) is 0 Å². The van der Waals surface area contributed by atoms with Crippen molar-refractivity contribution in [3.8, 4) is 17.2 Å². The molecule has 1 N–H and O–H groups in total. The molecule has 4 aromatic rings. The molecule has 1 aromatic heterocycles. The monoisotopic (exact) mass is 471 g/mol. The second kappa shape index (κ2) is 9.18. The van der Waals surface area contributed by atoms with Crippen molar-refractivity contribution in [2.45, 2.75) is 19.4 Å². The maximum Gasteiger partial charge on any atom is 0.290 e. The molecule has 0 saturated carbocycles. The van der Waals surface area contributed by atoms with Gasteiger partial charge in [0, 0.05) is 6.54 Å². The number of ether oxygens (including phenoxy) is 2. The van der Waals surface area contributed by atoms with Crippen LogP contribution in [0.2, 0.25) is 0 Å². The van der Waals surface area contributed by atoms with E-state index in [0.29, 0.717) is 47.4 Å². The summed E-state index contributed by atoms with van der Waals surface area (Å²) in [6, 6.07) is 18.8. The lowest BCUT2D eigenvalue weighted by molar-refractivity contribution is 0.0730. The van der Waals surface area contributed by atoms with E-state index in [1.807, 2.05) is 31.2 Å². The molecule has 1 aliphatic rings. The van der Waals surface area contributed by atoms with Crippen molar-refractivity contribution in [2.75, 3.05) is 20.3 Å². The van der Waals surface area contributed by atoms with E-state index in [-0.39, 0.29) is 22.8 Å². The molecule has 0 fully saturated rings. The van der Waals surface area contributed by atoms with E-state index in [4.69, 9.17) is 13.9 Å². The number of phenols is 1. The van der Waals surface area contributed by atoms with Crippen LogP contribution in [0.15, 0.2) is 75.9 Å². The van der Waals surface area contributed by atoms with Gasteiger partial charge in [0.1, 0.15) is 11.3 Å². The van der Waals surface area contributed by atoms with Crippen LogP contribution in [-0.4, -0.2) is 36.2 Å². The molecular formula is C28H25NO6. The normalized spacial score (nSPS) is 14.9. The van der Waals surface area contributed by atoms with Crippen molar-refractivity contribution in [1.29, 1.82) is 0 Å². The van der Waals surface area contributed by atoms with E-state index in [1.165, 1.54) is 6.07 Å². The first-order valence-corrected chi connectivity index (χ1v) is 11.5. The van der Waals surface area contributed by atoms with Gasteiger partial charge in [0.15, 0.2) is 16.9 Å². The van der Waals surface area contributed by atoms with Gasteiger partial charge in [-0.2, -0.15) is 0 Å². The molecule has 0 radical (unpaired) electrons. The molecule has 0 saturated heterocycles. The highest BCUT2D eigenvalue weighted by Crippen LogP contribution is 2.40. The molecular weight excluding hydrogens is 446 g/mol. The zero-order chi connectivity index (χ0) is 24.5. The number of fused-ring (bicyclic) bond motifs is 2. The average Bonchev–Trinajstić information content (AvgIpc) is 3.16. The van der Waals surface area contributed by atoms with Crippen molar-refractivity contribution < 1.29 is 23.8 Å². The second-order valence-corrected chi connectivity index (χ2v) is 8.33. The summed E-state index contributed by atoms with van der Waals surface area (Å²) >= 11 is 0. The highest BCUT2D eigenvalue weighted by atomic mass is 16.5. The van der Waals surface area contributed by atoms with E-state index >= 15 is 0 Å². The number of nitrogens with zero attached hydrogens (tertiary/aromatic N) is 1. The Morgan fingerprint density at radius 1 is 1.03 bits per heavy atom. The van der Waals surface area contributed by atoms with Gasteiger partial charge in [0.2, 0.25) is 5.76 Å². The topological polar surface area (TPSA) is 89.2 Å². The maximum atomic E-state index is 13.6. The minimum Gasteiger partial charge on any atom is -0.504 e. The van der Waals surface area contributed by atoms with E-state index < -0.39 is 6.04 Å². The van der Waals surface area contributed by atoms with Crippen molar-refractivity contribution in [1.82, 2.24) is 4.90 Å². The molecule has 0 spiro atoms. The summed E-state index contributed by atoms with van der Waals surface area (Å²) in [5.74, 6) is 0.763. The first kappa shape index (κ1) is 22.5. The largest absolute Gasteiger partial charge is 0.504 e. The molecule has 2 heterocycles. The highest BCUT2D eigenvalue weighted by molar-refractivity contribution is 5.99. The summed E-state index contributed by atoms with van der Waals surface area (Å²) < 4.78 is 16.8. The number of methoxy groups -OCH3 is 1. The third-order valence-corrected chi connectivity index (χ3v) is 6.27. The first-order chi connectivity index (χ1) is 17.0. The lowest BCUT2D eigenvalue weighted by atomic mass is 9.97. The van der Waals surface area contributed by atoms with Gasteiger partial charge in [0.05, 0.1) is 30.7 Å². The average molecular weight is 472 g/mol. The van der Waals surface area contributed by atoms with Crippen LogP contribution < -0.4 is 14.9 Å². The Kier molecular flexibility index (Phi) is 5.91. The number of carbonyl (C=O) groups excluding carboxylic acids is 1. The van der Waals surface area contributed by atoms with Crippen LogP contribution >= 0.6 is 0 Å². The van der Waals surface area contributed by atoms with Crippen LogP contribution in [0.5, 0.6) is 17.2 Å². The van der Waals surface area contributed by atoms with E-state index in [2.05, 4.69) is 0 Å². The summed E-state index contributed by atoms with van der Waals surface area (Å²) in [6.45, 7) is 2.55. The van der Waals surface area contributed by atoms with Crippen LogP contribution in [0, 0.1) is 0 Å². The Morgan fingerprint density at radius 3 is 2.54 bits per heavy atom. The maximum absolute atomic E-state index is 13.6. The van der Waals surface area contributed by atoms with Gasteiger partial charge < -0.3 is 23.9 Å². The minimum absolute atomic E-state index is 0.00419. The third-order valence-electron chi connectivity index (χ3n) is 6.27. The van der Waals surface area contributed by atoms with Crippen LogP contribution in [0.3, 0.4) is 0 Å². The number of benzene rings is 3. The second-order valence-electron chi connectivity index (χ2n) is 8.33. The Bertz CT molecular complexity index is 1460. The fraction of sp³-hybridized carbons (Fsp3) is 0.214. The SMILES string of the molecule is CCOc1cc(C2c3c(oc4ccccc4c3=O)C(=O)N2CCc2ccc(OC)cc2)ccc1O. The number of hydrogen-bond donors (Lipinski definition) is 1. The van der Waals surface area contributed by atoms with Crippen molar-refractivity contribution in [3.05, 3.63) is 99.4 Å². The lowest BCUT2D eigenvalue weighted by Crippen LogP contribution is -2.31. The molecule has 1 aliphatic heterocycles. The molecule has 1 amide bonds. The molecule has 1 atom stereocenters. The molecule has 178 valence electrons. The van der Waals surface area contributed by atoms with Gasteiger partial charge in [-0.15, -0.1) is 0 Å². The predicted molar refractivity (Wildman–Crippen MR) is 131 cm³/mol. The van der Waals surface area contributed by atoms with Crippen LogP contribution in [-0.2, 0) is 6.42 Å². The summed E-state index contributed by atoms with van der Waals surface area (Å²) in [4.78, 5) is 28.8.